The van der Waals surface area contributed by atoms with Gasteiger partial charge in [-0.25, -0.2) is 0 Å². The van der Waals surface area contributed by atoms with E-state index < -0.39 is 7.12 Å². The van der Waals surface area contributed by atoms with Crippen LogP contribution in [0.2, 0.25) is 5.02 Å². The van der Waals surface area contributed by atoms with E-state index in [1.165, 1.54) is 5.56 Å². The fourth-order valence-electron chi connectivity index (χ4n) is 7.48. The number of amides is 2. The van der Waals surface area contributed by atoms with Crippen LogP contribution >= 0.6 is 11.6 Å². The molecule has 3 heterocycles. The van der Waals surface area contributed by atoms with E-state index in [1.54, 1.807) is 24.3 Å². The van der Waals surface area contributed by atoms with Gasteiger partial charge in [0.2, 0.25) is 0 Å². The highest BCUT2D eigenvalue weighted by Gasteiger charge is 2.27. The molecule has 276 valence electrons. The van der Waals surface area contributed by atoms with Crippen molar-refractivity contribution in [2.24, 2.45) is 4.99 Å². The number of carbonyl (C=O) groups excluding carboxylic acids is 2. The number of hydrogen-bond donors (Lipinski definition) is 3. The largest absolute Gasteiger partial charge is 0.488 e. The highest BCUT2D eigenvalue weighted by Crippen LogP contribution is 2.31. The summed E-state index contributed by atoms with van der Waals surface area (Å²) in [5.74, 6) is 1.99. The van der Waals surface area contributed by atoms with Crippen molar-refractivity contribution in [3.63, 3.8) is 0 Å². The van der Waals surface area contributed by atoms with Gasteiger partial charge in [0.05, 0.1) is 11.4 Å². The predicted octanol–water partition coefficient (Wildman–Crippen LogP) is 5.13. The zero-order valence-electron chi connectivity index (χ0n) is 30.2. The van der Waals surface area contributed by atoms with Gasteiger partial charge in [0.1, 0.15) is 18.1 Å². The quantitative estimate of drug-likeness (QED) is 0.174. The molecule has 1 saturated heterocycles. The molecule has 55 heavy (non-hydrogen) atoms. The van der Waals surface area contributed by atoms with Crippen molar-refractivity contribution in [2.75, 3.05) is 19.7 Å². The number of hydrogen-bond acceptors (Lipinski definition) is 8. The van der Waals surface area contributed by atoms with Gasteiger partial charge in [-0.15, -0.1) is 10.2 Å². The van der Waals surface area contributed by atoms with Gasteiger partial charge in [0, 0.05) is 41.3 Å². The van der Waals surface area contributed by atoms with Gasteiger partial charge in [-0.05, 0) is 89.4 Å². The number of aliphatic imine (C=N–C) groups is 1. The standard InChI is InChI=1S/C42H38BClN6O5/c1-26-47-48-39-24-46-41(30-9-12-33(44)13-10-30)37-22-34(14-15-38(37)50(26)39)55-25-40(51)45-23-27-4-2-6-31(20-27)28-16-18-49(19-17-28)42(52)35-7-3-5-29-8-11-32(43(53)54)21-36(29)35/h2-15,20-22,28,53-54H,16-19,23-25H2,1H3,(H,45,51). The Morgan fingerprint density at radius 3 is 2.53 bits per heavy atom. The Morgan fingerprint density at radius 1 is 0.927 bits per heavy atom. The second kappa shape index (κ2) is 15.5. The Balaban J connectivity index is 0.884. The van der Waals surface area contributed by atoms with Crippen molar-refractivity contribution in [1.82, 2.24) is 25.0 Å². The molecule has 0 saturated carbocycles. The molecule has 0 bridgehead atoms. The smallest absolute Gasteiger partial charge is 0.484 e. The van der Waals surface area contributed by atoms with Gasteiger partial charge in [0.25, 0.3) is 11.8 Å². The van der Waals surface area contributed by atoms with Crippen molar-refractivity contribution in [3.8, 4) is 11.4 Å². The van der Waals surface area contributed by atoms with Crippen LogP contribution in [-0.4, -0.2) is 74.1 Å². The second-order valence-electron chi connectivity index (χ2n) is 13.9. The molecule has 0 atom stereocenters. The number of nitrogens with one attached hydrogen (secondary N) is 1. The van der Waals surface area contributed by atoms with Crippen molar-refractivity contribution < 1.29 is 24.4 Å². The van der Waals surface area contributed by atoms with E-state index in [0.717, 1.165) is 58.0 Å². The molecule has 6 aromatic rings. The number of benzene rings is 5. The van der Waals surface area contributed by atoms with Gasteiger partial charge in [0.15, 0.2) is 12.4 Å². The first kappa shape index (κ1) is 36.2. The van der Waals surface area contributed by atoms with Gasteiger partial charge >= 0.3 is 7.12 Å². The Morgan fingerprint density at radius 2 is 1.73 bits per heavy atom. The average molecular weight is 753 g/mol. The zero-order chi connectivity index (χ0) is 38.1. The molecule has 8 rings (SSSR count). The summed E-state index contributed by atoms with van der Waals surface area (Å²) in [6, 6.07) is 32.1. The van der Waals surface area contributed by atoms with Crippen LogP contribution in [0.3, 0.4) is 0 Å². The first-order valence-corrected chi connectivity index (χ1v) is 18.6. The molecule has 11 nitrogen and oxygen atoms in total. The van der Waals surface area contributed by atoms with Crippen molar-refractivity contribution >= 4 is 52.5 Å². The topological polar surface area (TPSA) is 142 Å². The summed E-state index contributed by atoms with van der Waals surface area (Å²) in [5, 5.41) is 33.1. The number of ether oxygens (including phenoxy) is 1. The van der Waals surface area contributed by atoms with Crippen LogP contribution < -0.4 is 15.5 Å². The highest BCUT2D eigenvalue weighted by atomic mass is 35.5. The van der Waals surface area contributed by atoms with Crippen LogP contribution in [0.15, 0.2) is 108 Å². The average Bonchev–Trinajstić information content (AvgIpc) is 3.49. The molecule has 2 aliphatic heterocycles. The molecule has 13 heteroatoms. The molecule has 2 amide bonds. The summed E-state index contributed by atoms with van der Waals surface area (Å²) in [7, 11) is -1.60. The summed E-state index contributed by atoms with van der Waals surface area (Å²) < 4.78 is 7.99. The molecule has 0 radical (unpaired) electrons. The Bertz CT molecular complexity index is 2440. The third kappa shape index (κ3) is 7.61. The lowest BCUT2D eigenvalue weighted by molar-refractivity contribution is -0.123. The van der Waals surface area contributed by atoms with E-state index in [-0.39, 0.29) is 24.3 Å². The van der Waals surface area contributed by atoms with E-state index in [0.29, 0.717) is 53.4 Å². The zero-order valence-corrected chi connectivity index (χ0v) is 30.9. The molecular weight excluding hydrogens is 715 g/mol. The van der Waals surface area contributed by atoms with Crippen LogP contribution in [0.1, 0.15) is 63.0 Å². The molecule has 1 aromatic heterocycles. The van der Waals surface area contributed by atoms with Crippen molar-refractivity contribution in [2.45, 2.75) is 38.8 Å². The number of aryl methyl sites for hydroxylation is 1. The molecule has 2 aliphatic rings. The number of halogens is 1. The summed E-state index contributed by atoms with van der Waals surface area (Å²) >= 11 is 6.18. The van der Waals surface area contributed by atoms with Gasteiger partial charge in [-0.2, -0.15) is 0 Å². The van der Waals surface area contributed by atoms with Crippen LogP contribution in [0, 0.1) is 6.92 Å². The minimum atomic E-state index is -1.60. The normalized spacial score (nSPS) is 14.1. The number of piperidine rings is 1. The Hall–Kier alpha value is -5.82. The summed E-state index contributed by atoms with van der Waals surface area (Å²) in [4.78, 5) is 33.4. The molecule has 0 aliphatic carbocycles. The highest BCUT2D eigenvalue weighted by molar-refractivity contribution is 6.59. The molecule has 0 unspecified atom stereocenters. The fraction of sp³-hybridized carbons (Fsp3) is 0.214. The maximum Gasteiger partial charge on any atom is 0.488 e. The van der Waals surface area contributed by atoms with Crippen LogP contribution in [0.5, 0.6) is 5.75 Å². The monoisotopic (exact) mass is 752 g/mol. The van der Waals surface area contributed by atoms with E-state index >= 15 is 0 Å². The van der Waals surface area contributed by atoms with E-state index in [2.05, 4.69) is 27.6 Å². The van der Waals surface area contributed by atoms with Crippen LogP contribution in [0.25, 0.3) is 16.5 Å². The summed E-state index contributed by atoms with van der Waals surface area (Å²) in [6.45, 7) is 3.67. The fourth-order valence-corrected chi connectivity index (χ4v) is 7.61. The Labute approximate surface area is 323 Å². The number of fused-ring (bicyclic) bond motifs is 4. The minimum Gasteiger partial charge on any atom is -0.484 e. The van der Waals surface area contributed by atoms with E-state index in [9.17, 15) is 19.6 Å². The maximum absolute atomic E-state index is 13.6. The third-order valence-electron chi connectivity index (χ3n) is 10.4. The van der Waals surface area contributed by atoms with Crippen molar-refractivity contribution in [3.05, 3.63) is 148 Å². The lowest BCUT2D eigenvalue weighted by Gasteiger charge is -2.32. The SMILES string of the molecule is Cc1nnc2n1-c1ccc(OCC(=O)NCc3cccc(C4CCN(C(=O)c5cccc6ccc(B(O)O)cc56)CC4)c3)cc1C(c1ccc(Cl)cc1)=NC2. The van der Waals surface area contributed by atoms with Gasteiger partial charge in [-0.3, -0.25) is 19.1 Å². The summed E-state index contributed by atoms with van der Waals surface area (Å²) in [5.41, 5.74) is 6.45. The van der Waals surface area contributed by atoms with E-state index in [1.807, 2.05) is 83.1 Å². The molecule has 3 N–H and O–H groups in total. The molecule has 0 spiro atoms. The number of likely N-dealkylation sites (tertiary alicyclic amines) is 1. The number of nitrogens with zero attached hydrogens (tertiary/aromatic N) is 5. The summed E-state index contributed by atoms with van der Waals surface area (Å²) in [6.07, 6.45) is 1.62. The first-order valence-electron chi connectivity index (χ1n) is 18.2. The molecule has 1 fully saturated rings. The van der Waals surface area contributed by atoms with Crippen molar-refractivity contribution in [1.29, 1.82) is 0 Å². The van der Waals surface area contributed by atoms with Crippen LogP contribution in [0.4, 0.5) is 0 Å². The first-order chi connectivity index (χ1) is 26.7. The Kier molecular flexibility index (Phi) is 10.2. The van der Waals surface area contributed by atoms with E-state index in [4.69, 9.17) is 21.3 Å². The second-order valence-corrected chi connectivity index (χ2v) is 14.3. The lowest BCUT2D eigenvalue weighted by atomic mass is 9.79. The third-order valence-corrected chi connectivity index (χ3v) is 10.6. The molecular formula is C42H38BClN6O5. The number of rotatable bonds is 9. The number of carbonyl (C=O) groups is 2. The van der Waals surface area contributed by atoms with Gasteiger partial charge in [-0.1, -0.05) is 78.3 Å². The minimum absolute atomic E-state index is 0.0620. The lowest BCUT2D eigenvalue weighted by Crippen LogP contribution is -2.38. The number of aromatic nitrogens is 3. The maximum atomic E-state index is 13.6. The predicted molar refractivity (Wildman–Crippen MR) is 212 cm³/mol. The van der Waals surface area contributed by atoms with Crippen LogP contribution in [-0.2, 0) is 17.9 Å². The molecule has 5 aromatic carbocycles. The van der Waals surface area contributed by atoms with Gasteiger partial charge < -0.3 is 25.0 Å².